The van der Waals surface area contributed by atoms with E-state index in [9.17, 15) is 9.90 Å². The molecule has 0 aliphatic heterocycles. The fraction of sp³-hybridized carbons (Fsp3) is 0.240. The van der Waals surface area contributed by atoms with Crippen molar-refractivity contribution in [3.8, 4) is 17.2 Å². The molecule has 0 saturated heterocycles. The number of aromatic carboxylic acids is 1. The summed E-state index contributed by atoms with van der Waals surface area (Å²) in [4.78, 5) is 11.3. The van der Waals surface area contributed by atoms with Crippen LogP contribution in [0.15, 0.2) is 59.1 Å². The van der Waals surface area contributed by atoms with E-state index in [1.165, 1.54) is 11.6 Å². The normalized spacial score (nSPS) is 10.5. The lowest BCUT2D eigenvalue weighted by atomic mass is 10.1. The Labute approximate surface area is 196 Å². The lowest BCUT2D eigenvalue weighted by Gasteiger charge is -2.17. The monoisotopic (exact) mass is 499 g/mol. The third kappa shape index (κ3) is 5.95. The molecular weight excluding hydrogens is 474 g/mol. The summed E-state index contributed by atoms with van der Waals surface area (Å²) >= 11 is 3.61. The highest BCUT2D eigenvalue weighted by Gasteiger charge is 2.13. The van der Waals surface area contributed by atoms with Gasteiger partial charge in [-0.2, -0.15) is 0 Å². The molecule has 3 aromatic rings. The van der Waals surface area contributed by atoms with Crippen LogP contribution in [-0.2, 0) is 13.2 Å². The van der Waals surface area contributed by atoms with E-state index in [4.69, 9.17) is 14.2 Å². The van der Waals surface area contributed by atoms with E-state index in [1.54, 1.807) is 19.2 Å². The predicted octanol–water partition coefficient (Wildman–Crippen LogP) is 6.05. The van der Waals surface area contributed by atoms with Gasteiger partial charge in [-0.25, -0.2) is 4.79 Å². The summed E-state index contributed by atoms with van der Waals surface area (Å²) in [5, 5.41) is 12.5. The SMILES string of the molecule is CCOc1cc(CNc2cc(C(=O)O)ccc2OC)c(Br)cc1OCc1ccc(C)cc1. The first-order valence-electron chi connectivity index (χ1n) is 10.2. The Hall–Kier alpha value is -3.19. The minimum Gasteiger partial charge on any atom is -0.495 e. The number of ether oxygens (including phenoxy) is 3. The van der Waals surface area contributed by atoms with E-state index in [0.717, 1.165) is 15.6 Å². The topological polar surface area (TPSA) is 77.0 Å². The third-order valence-corrected chi connectivity index (χ3v) is 5.58. The molecule has 0 fully saturated rings. The molecule has 7 heteroatoms. The number of carboxylic acids is 1. The van der Waals surface area contributed by atoms with Gasteiger partial charge in [-0.1, -0.05) is 45.8 Å². The van der Waals surface area contributed by atoms with Crippen LogP contribution in [0.1, 0.15) is 34.0 Å². The number of benzene rings is 3. The van der Waals surface area contributed by atoms with Crippen molar-refractivity contribution < 1.29 is 24.1 Å². The van der Waals surface area contributed by atoms with Crippen LogP contribution in [0.5, 0.6) is 17.2 Å². The van der Waals surface area contributed by atoms with Crippen molar-refractivity contribution >= 4 is 27.6 Å². The molecule has 6 nitrogen and oxygen atoms in total. The standard InChI is InChI=1S/C25H26BrNO5/c1-4-31-23-12-19(14-27-21-11-18(25(28)29)9-10-22(21)30-3)20(26)13-24(23)32-15-17-7-5-16(2)6-8-17/h5-13,27H,4,14-15H2,1-3H3,(H,28,29). The van der Waals surface area contributed by atoms with Crippen molar-refractivity contribution in [2.75, 3.05) is 19.0 Å². The molecular formula is C25H26BrNO5. The van der Waals surface area contributed by atoms with Gasteiger partial charge in [-0.15, -0.1) is 0 Å². The van der Waals surface area contributed by atoms with E-state index < -0.39 is 5.97 Å². The van der Waals surface area contributed by atoms with E-state index in [1.807, 2.05) is 31.2 Å². The van der Waals surface area contributed by atoms with Crippen molar-refractivity contribution in [1.29, 1.82) is 0 Å². The summed E-state index contributed by atoms with van der Waals surface area (Å²) in [5.74, 6) is 0.860. The molecule has 0 heterocycles. The van der Waals surface area contributed by atoms with E-state index in [-0.39, 0.29) is 5.56 Å². The van der Waals surface area contributed by atoms with Crippen molar-refractivity contribution in [3.05, 3.63) is 81.3 Å². The summed E-state index contributed by atoms with van der Waals surface area (Å²) < 4.78 is 18.0. The molecule has 3 rings (SSSR count). The number of rotatable bonds is 10. The second-order valence-corrected chi connectivity index (χ2v) is 8.03. The van der Waals surface area contributed by atoms with E-state index >= 15 is 0 Å². The second kappa shape index (κ2) is 10.9. The van der Waals surface area contributed by atoms with Gasteiger partial charge in [0.1, 0.15) is 12.4 Å². The zero-order valence-electron chi connectivity index (χ0n) is 18.3. The first-order chi connectivity index (χ1) is 15.4. The highest BCUT2D eigenvalue weighted by atomic mass is 79.9. The zero-order chi connectivity index (χ0) is 23.1. The molecule has 168 valence electrons. The van der Waals surface area contributed by atoms with E-state index in [0.29, 0.717) is 42.7 Å². The van der Waals surface area contributed by atoms with Gasteiger partial charge in [0.25, 0.3) is 0 Å². The third-order valence-electron chi connectivity index (χ3n) is 4.84. The molecule has 2 N–H and O–H groups in total. The van der Waals surface area contributed by atoms with Crippen LogP contribution in [0.4, 0.5) is 5.69 Å². The van der Waals surface area contributed by atoms with Crippen LogP contribution >= 0.6 is 15.9 Å². The Morgan fingerprint density at radius 3 is 2.38 bits per heavy atom. The second-order valence-electron chi connectivity index (χ2n) is 7.17. The molecule has 32 heavy (non-hydrogen) atoms. The molecule has 3 aromatic carbocycles. The number of anilines is 1. The number of aryl methyl sites for hydroxylation is 1. The van der Waals surface area contributed by atoms with Crippen molar-refractivity contribution in [2.45, 2.75) is 27.0 Å². The number of carboxylic acid groups (broad SMARTS) is 1. The first kappa shape index (κ1) is 23.5. The van der Waals surface area contributed by atoms with Crippen LogP contribution in [0, 0.1) is 6.92 Å². The Balaban J connectivity index is 1.79. The number of halogens is 1. The predicted molar refractivity (Wildman–Crippen MR) is 128 cm³/mol. The molecule has 0 aromatic heterocycles. The Morgan fingerprint density at radius 1 is 1.00 bits per heavy atom. The average molecular weight is 500 g/mol. The Morgan fingerprint density at radius 2 is 1.72 bits per heavy atom. The van der Waals surface area contributed by atoms with Gasteiger partial charge >= 0.3 is 5.97 Å². The maximum atomic E-state index is 11.3. The molecule has 0 spiro atoms. The van der Waals surface area contributed by atoms with Crippen molar-refractivity contribution in [3.63, 3.8) is 0 Å². The fourth-order valence-corrected chi connectivity index (χ4v) is 3.57. The molecule has 0 unspecified atom stereocenters. The van der Waals surface area contributed by atoms with Gasteiger partial charge in [0.15, 0.2) is 11.5 Å². The summed E-state index contributed by atoms with van der Waals surface area (Å²) in [6, 6.07) is 16.7. The Bertz CT molecular complexity index is 1080. The van der Waals surface area contributed by atoms with Crippen molar-refractivity contribution in [1.82, 2.24) is 0 Å². The highest BCUT2D eigenvalue weighted by Crippen LogP contribution is 2.35. The molecule has 0 aliphatic rings. The molecule has 0 aliphatic carbocycles. The lowest BCUT2D eigenvalue weighted by molar-refractivity contribution is 0.0697. The largest absolute Gasteiger partial charge is 0.495 e. The van der Waals surface area contributed by atoms with Gasteiger partial charge < -0.3 is 24.6 Å². The van der Waals surface area contributed by atoms with Gasteiger partial charge in [-0.3, -0.25) is 0 Å². The van der Waals surface area contributed by atoms with Crippen LogP contribution in [0.25, 0.3) is 0 Å². The number of hydrogen-bond donors (Lipinski definition) is 2. The van der Waals surface area contributed by atoms with Gasteiger partial charge in [0, 0.05) is 11.0 Å². The molecule has 0 radical (unpaired) electrons. The average Bonchev–Trinajstić information content (AvgIpc) is 2.79. The summed E-state index contributed by atoms with van der Waals surface area (Å²) in [7, 11) is 1.55. The molecule has 0 amide bonds. The van der Waals surface area contributed by atoms with Crippen molar-refractivity contribution in [2.24, 2.45) is 0 Å². The Kier molecular flexibility index (Phi) is 8.00. The summed E-state index contributed by atoms with van der Waals surface area (Å²) in [6.07, 6.45) is 0. The van der Waals surface area contributed by atoms with Crippen LogP contribution in [0.2, 0.25) is 0 Å². The summed E-state index contributed by atoms with van der Waals surface area (Å²) in [5.41, 5.74) is 3.98. The molecule has 0 atom stereocenters. The highest BCUT2D eigenvalue weighted by molar-refractivity contribution is 9.10. The fourth-order valence-electron chi connectivity index (χ4n) is 3.11. The minimum absolute atomic E-state index is 0.183. The van der Waals surface area contributed by atoms with Crippen LogP contribution in [0.3, 0.4) is 0 Å². The first-order valence-corrected chi connectivity index (χ1v) is 11.0. The summed E-state index contributed by atoms with van der Waals surface area (Å²) in [6.45, 7) is 5.34. The number of carbonyl (C=O) groups is 1. The van der Waals surface area contributed by atoms with Gasteiger partial charge in [0.2, 0.25) is 0 Å². The number of methoxy groups -OCH3 is 1. The minimum atomic E-state index is -0.995. The molecule has 0 saturated carbocycles. The smallest absolute Gasteiger partial charge is 0.335 e. The van der Waals surface area contributed by atoms with Crippen LogP contribution in [-0.4, -0.2) is 24.8 Å². The number of nitrogens with one attached hydrogen (secondary N) is 1. The zero-order valence-corrected chi connectivity index (χ0v) is 19.9. The quantitative estimate of drug-likeness (QED) is 0.353. The van der Waals surface area contributed by atoms with Gasteiger partial charge in [0.05, 0.1) is 25.0 Å². The van der Waals surface area contributed by atoms with Crippen LogP contribution < -0.4 is 19.5 Å². The van der Waals surface area contributed by atoms with Gasteiger partial charge in [-0.05, 0) is 55.3 Å². The maximum absolute atomic E-state index is 11.3. The number of hydrogen-bond acceptors (Lipinski definition) is 5. The lowest BCUT2D eigenvalue weighted by Crippen LogP contribution is -2.06. The molecule has 0 bridgehead atoms. The van der Waals surface area contributed by atoms with E-state index in [2.05, 4.69) is 40.3 Å². The maximum Gasteiger partial charge on any atom is 0.335 e.